The first-order valence-corrected chi connectivity index (χ1v) is 10.1. The molecule has 0 spiro atoms. The summed E-state index contributed by atoms with van der Waals surface area (Å²) in [5.74, 6) is -1.62. The van der Waals surface area contributed by atoms with Crippen molar-refractivity contribution in [3.05, 3.63) is 23.8 Å². The van der Waals surface area contributed by atoms with E-state index in [1.165, 1.54) is 20.3 Å². The van der Waals surface area contributed by atoms with E-state index in [0.717, 1.165) is 5.57 Å². The monoisotopic (exact) mass is 406 g/mol. The van der Waals surface area contributed by atoms with Crippen molar-refractivity contribution in [2.24, 2.45) is 22.7 Å². The van der Waals surface area contributed by atoms with Crippen LogP contribution in [-0.4, -0.2) is 43.5 Å². The number of methoxy groups -OCH3 is 2. The van der Waals surface area contributed by atoms with E-state index in [1.54, 1.807) is 0 Å². The molecule has 0 unspecified atom stereocenters. The van der Waals surface area contributed by atoms with Crippen molar-refractivity contribution in [3.63, 3.8) is 0 Å². The minimum atomic E-state index is -1.22. The predicted molar refractivity (Wildman–Crippen MR) is 103 cm³/mol. The number of ether oxygens (including phenoxy) is 3. The first kappa shape index (κ1) is 21.6. The quantitative estimate of drug-likeness (QED) is 0.426. The highest BCUT2D eigenvalue weighted by Crippen LogP contribution is 2.63. The molecular formula is C22H30O7. The molecule has 1 N–H and O–H groups in total. The normalized spacial score (nSPS) is 36.7. The van der Waals surface area contributed by atoms with Crippen LogP contribution < -0.4 is 0 Å². The van der Waals surface area contributed by atoms with Gasteiger partial charge in [0.15, 0.2) is 0 Å². The molecule has 29 heavy (non-hydrogen) atoms. The number of allylic oxidation sites excluding steroid dienone is 1. The lowest BCUT2D eigenvalue weighted by Gasteiger charge is -2.56. The van der Waals surface area contributed by atoms with Crippen LogP contribution in [0.25, 0.3) is 0 Å². The number of hydrogen-bond acceptors (Lipinski definition) is 7. The van der Waals surface area contributed by atoms with Crippen LogP contribution in [0.3, 0.4) is 0 Å². The number of carbonyl (C=O) groups excluding carboxylic acids is 3. The van der Waals surface area contributed by atoms with Crippen molar-refractivity contribution in [2.45, 2.75) is 58.2 Å². The summed E-state index contributed by atoms with van der Waals surface area (Å²) in [6.07, 6.45) is 4.37. The number of aliphatic hydroxyl groups excluding tert-OH is 1. The van der Waals surface area contributed by atoms with Gasteiger partial charge in [-0.15, -0.1) is 0 Å². The number of aliphatic hydroxyl groups is 1. The Morgan fingerprint density at radius 3 is 2.55 bits per heavy atom. The first-order chi connectivity index (χ1) is 13.7. The topological polar surface area (TPSA) is 99.1 Å². The average molecular weight is 406 g/mol. The molecule has 1 aliphatic heterocycles. The molecule has 0 aromatic carbocycles. The molecule has 2 fully saturated rings. The zero-order valence-electron chi connectivity index (χ0n) is 17.4. The van der Waals surface area contributed by atoms with Gasteiger partial charge in [0.2, 0.25) is 6.29 Å². The predicted octanol–water partition coefficient (Wildman–Crippen LogP) is 2.67. The molecule has 7 heteroatoms. The van der Waals surface area contributed by atoms with Crippen LogP contribution in [0.1, 0.15) is 51.9 Å². The zero-order valence-corrected chi connectivity index (χ0v) is 17.4. The van der Waals surface area contributed by atoms with Gasteiger partial charge in [-0.2, -0.15) is 0 Å². The summed E-state index contributed by atoms with van der Waals surface area (Å²) in [7, 11) is 2.75. The standard InChI is InChI=1S/C22H30O7/c1-13-6-9-16-21(2,19(25)27-3)10-5-11-22(16,20(26)28-4)15(13)8-7-14-12-17(23)29-18(14)24/h12,15-17,23H,1,5-11H2,2-4H3/t15-,16-,17-,21-,22-/m0/s1. The largest absolute Gasteiger partial charge is 0.469 e. The minimum absolute atomic E-state index is 0.228. The Morgan fingerprint density at radius 1 is 1.28 bits per heavy atom. The molecule has 0 aromatic rings. The molecule has 0 radical (unpaired) electrons. The third-order valence-corrected chi connectivity index (χ3v) is 7.30. The first-order valence-electron chi connectivity index (χ1n) is 10.1. The van der Waals surface area contributed by atoms with E-state index in [9.17, 15) is 19.5 Å². The highest BCUT2D eigenvalue weighted by Gasteiger charge is 2.64. The van der Waals surface area contributed by atoms with Gasteiger partial charge in [0.25, 0.3) is 0 Å². The van der Waals surface area contributed by atoms with Crippen molar-refractivity contribution in [1.29, 1.82) is 0 Å². The Kier molecular flexibility index (Phi) is 5.90. The lowest BCUT2D eigenvalue weighted by Crippen LogP contribution is -2.58. The fourth-order valence-corrected chi connectivity index (χ4v) is 5.99. The fourth-order valence-electron chi connectivity index (χ4n) is 5.99. The Balaban J connectivity index is 1.98. The summed E-state index contributed by atoms with van der Waals surface area (Å²) in [4.78, 5) is 37.9. The van der Waals surface area contributed by atoms with E-state index in [-0.39, 0.29) is 23.8 Å². The van der Waals surface area contributed by atoms with Crippen LogP contribution in [0.4, 0.5) is 0 Å². The van der Waals surface area contributed by atoms with Gasteiger partial charge < -0.3 is 19.3 Å². The highest BCUT2D eigenvalue weighted by molar-refractivity contribution is 5.90. The third kappa shape index (κ3) is 3.39. The Morgan fingerprint density at radius 2 is 1.97 bits per heavy atom. The van der Waals surface area contributed by atoms with Gasteiger partial charge in [0.1, 0.15) is 0 Å². The lowest BCUT2D eigenvalue weighted by atomic mass is 9.45. The number of rotatable bonds is 5. The zero-order chi connectivity index (χ0) is 21.4. The Hall–Kier alpha value is -2.15. The van der Waals surface area contributed by atoms with Crippen LogP contribution in [0, 0.1) is 22.7 Å². The molecule has 3 rings (SSSR count). The van der Waals surface area contributed by atoms with Gasteiger partial charge in [0.05, 0.1) is 25.0 Å². The van der Waals surface area contributed by atoms with Crippen molar-refractivity contribution in [2.75, 3.05) is 14.2 Å². The fraction of sp³-hybridized carbons (Fsp3) is 0.682. The summed E-state index contributed by atoms with van der Waals surface area (Å²) < 4.78 is 15.2. The van der Waals surface area contributed by atoms with Gasteiger partial charge in [-0.25, -0.2) is 4.79 Å². The van der Waals surface area contributed by atoms with Gasteiger partial charge in [-0.3, -0.25) is 9.59 Å². The van der Waals surface area contributed by atoms with Gasteiger partial charge in [-0.05, 0) is 63.4 Å². The van der Waals surface area contributed by atoms with Crippen molar-refractivity contribution in [3.8, 4) is 0 Å². The second kappa shape index (κ2) is 7.94. The molecule has 2 aliphatic carbocycles. The number of esters is 3. The highest BCUT2D eigenvalue weighted by atomic mass is 16.6. The van der Waals surface area contributed by atoms with Gasteiger partial charge in [-0.1, -0.05) is 18.6 Å². The number of cyclic esters (lactones) is 1. The second-order valence-electron chi connectivity index (χ2n) is 8.62. The maximum atomic E-state index is 13.2. The van der Waals surface area contributed by atoms with Crippen LogP contribution in [-0.2, 0) is 28.6 Å². The summed E-state index contributed by atoms with van der Waals surface area (Å²) >= 11 is 0. The maximum absolute atomic E-state index is 13.2. The van der Waals surface area contributed by atoms with E-state index in [0.29, 0.717) is 50.5 Å². The second-order valence-corrected chi connectivity index (χ2v) is 8.62. The SMILES string of the molecule is C=C1CC[C@@H]2[C@](C(=O)OC)(CCC[C@]2(C)C(=O)OC)[C@H]1CCC1=C[C@@H](O)OC1=O. The van der Waals surface area contributed by atoms with E-state index < -0.39 is 23.1 Å². The minimum Gasteiger partial charge on any atom is -0.469 e. The Bertz CT molecular complexity index is 754. The molecule has 5 atom stereocenters. The molecule has 0 amide bonds. The Labute approximate surface area is 171 Å². The van der Waals surface area contributed by atoms with Crippen LogP contribution in [0.15, 0.2) is 23.8 Å². The van der Waals surface area contributed by atoms with Crippen molar-refractivity contribution < 1.29 is 33.7 Å². The molecule has 0 bridgehead atoms. The van der Waals surface area contributed by atoms with E-state index >= 15 is 0 Å². The molecule has 160 valence electrons. The van der Waals surface area contributed by atoms with Crippen molar-refractivity contribution in [1.82, 2.24) is 0 Å². The van der Waals surface area contributed by atoms with E-state index in [2.05, 4.69) is 6.58 Å². The molecular weight excluding hydrogens is 376 g/mol. The van der Waals surface area contributed by atoms with Gasteiger partial charge in [0, 0.05) is 5.57 Å². The van der Waals surface area contributed by atoms with Crippen LogP contribution >= 0.6 is 0 Å². The maximum Gasteiger partial charge on any atom is 0.336 e. The molecule has 1 heterocycles. The smallest absolute Gasteiger partial charge is 0.336 e. The van der Waals surface area contributed by atoms with Crippen LogP contribution in [0.5, 0.6) is 0 Å². The molecule has 7 nitrogen and oxygen atoms in total. The molecule has 0 saturated heterocycles. The molecule has 0 aromatic heterocycles. The number of fused-ring (bicyclic) bond motifs is 1. The van der Waals surface area contributed by atoms with Crippen LogP contribution in [0.2, 0.25) is 0 Å². The molecule has 2 saturated carbocycles. The lowest BCUT2D eigenvalue weighted by molar-refractivity contribution is -0.185. The molecule has 3 aliphatic rings. The summed E-state index contributed by atoms with van der Waals surface area (Å²) in [5, 5.41) is 9.52. The number of carbonyl (C=O) groups is 3. The number of hydrogen-bond donors (Lipinski definition) is 1. The van der Waals surface area contributed by atoms with E-state index in [4.69, 9.17) is 14.2 Å². The third-order valence-electron chi connectivity index (χ3n) is 7.30. The van der Waals surface area contributed by atoms with E-state index in [1.807, 2.05) is 6.92 Å². The average Bonchev–Trinajstić information content (AvgIpc) is 3.02. The summed E-state index contributed by atoms with van der Waals surface area (Å²) in [6, 6.07) is 0. The summed E-state index contributed by atoms with van der Waals surface area (Å²) in [5.41, 5.74) is -0.318. The summed E-state index contributed by atoms with van der Waals surface area (Å²) in [6.45, 7) is 6.12. The van der Waals surface area contributed by atoms with Crippen molar-refractivity contribution >= 4 is 17.9 Å². The van der Waals surface area contributed by atoms with Gasteiger partial charge >= 0.3 is 17.9 Å².